The average molecular weight is 279 g/mol. The smallest absolute Gasteiger partial charge is 0.0336 e. The first-order chi connectivity index (χ1) is 9.83. The van der Waals surface area contributed by atoms with E-state index in [-0.39, 0.29) is 6.04 Å². The van der Waals surface area contributed by atoms with Gasteiger partial charge in [0.15, 0.2) is 0 Å². The van der Waals surface area contributed by atoms with E-state index < -0.39 is 0 Å². The minimum Gasteiger partial charge on any atom is -0.324 e. The molecule has 3 aromatic rings. The molecule has 1 heterocycles. The fourth-order valence-electron chi connectivity index (χ4n) is 2.33. The number of rotatable bonds is 4. The quantitative estimate of drug-likeness (QED) is 0.738. The van der Waals surface area contributed by atoms with Gasteiger partial charge in [0.05, 0.1) is 0 Å². The van der Waals surface area contributed by atoms with Crippen LogP contribution in [0.25, 0.3) is 11.1 Å². The van der Waals surface area contributed by atoms with Crippen LogP contribution in [-0.2, 0) is 6.42 Å². The fourth-order valence-corrected chi connectivity index (χ4v) is 3.02. The SMILES string of the molecule is NC(Cc1ccsc1)c1ccc(-c2ccccc2)cc1. The molecule has 0 bridgehead atoms. The lowest BCUT2D eigenvalue weighted by atomic mass is 9.98. The van der Waals surface area contributed by atoms with Crippen molar-refractivity contribution in [2.24, 2.45) is 5.73 Å². The molecule has 0 saturated carbocycles. The van der Waals surface area contributed by atoms with Crippen LogP contribution in [0.4, 0.5) is 0 Å². The zero-order chi connectivity index (χ0) is 13.8. The van der Waals surface area contributed by atoms with Crippen LogP contribution in [0, 0.1) is 0 Å². The van der Waals surface area contributed by atoms with E-state index in [1.54, 1.807) is 11.3 Å². The van der Waals surface area contributed by atoms with E-state index in [4.69, 9.17) is 5.73 Å². The van der Waals surface area contributed by atoms with Crippen molar-refractivity contribution in [3.63, 3.8) is 0 Å². The topological polar surface area (TPSA) is 26.0 Å². The Morgan fingerprint density at radius 2 is 1.55 bits per heavy atom. The van der Waals surface area contributed by atoms with Crippen molar-refractivity contribution >= 4 is 11.3 Å². The molecule has 3 rings (SSSR count). The maximum absolute atomic E-state index is 6.28. The standard InChI is InChI=1S/C18H17NS/c19-18(12-14-10-11-20-13-14)17-8-6-16(7-9-17)15-4-2-1-3-5-15/h1-11,13,18H,12,19H2. The summed E-state index contributed by atoms with van der Waals surface area (Å²) in [6.45, 7) is 0. The van der Waals surface area contributed by atoms with Crippen LogP contribution >= 0.6 is 11.3 Å². The Kier molecular flexibility index (Phi) is 3.95. The monoisotopic (exact) mass is 279 g/mol. The van der Waals surface area contributed by atoms with Crippen LogP contribution < -0.4 is 5.73 Å². The maximum Gasteiger partial charge on any atom is 0.0336 e. The van der Waals surface area contributed by atoms with Crippen molar-refractivity contribution in [2.45, 2.75) is 12.5 Å². The maximum atomic E-state index is 6.28. The van der Waals surface area contributed by atoms with Gasteiger partial charge in [0.1, 0.15) is 0 Å². The van der Waals surface area contributed by atoms with Gasteiger partial charge in [-0.05, 0) is 45.5 Å². The van der Waals surface area contributed by atoms with Gasteiger partial charge in [0.2, 0.25) is 0 Å². The molecule has 20 heavy (non-hydrogen) atoms. The highest BCUT2D eigenvalue weighted by molar-refractivity contribution is 7.07. The number of hydrogen-bond donors (Lipinski definition) is 1. The lowest BCUT2D eigenvalue weighted by molar-refractivity contribution is 0.724. The van der Waals surface area contributed by atoms with Crippen LogP contribution in [0.3, 0.4) is 0 Å². The lowest BCUT2D eigenvalue weighted by Crippen LogP contribution is -2.12. The molecule has 2 N–H and O–H groups in total. The molecule has 0 aliphatic rings. The van der Waals surface area contributed by atoms with Crippen molar-refractivity contribution < 1.29 is 0 Å². The van der Waals surface area contributed by atoms with Gasteiger partial charge in [-0.2, -0.15) is 11.3 Å². The third kappa shape index (κ3) is 2.98. The van der Waals surface area contributed by atoms with Gasteiger partial charge in [-0.25, -0.2) is 0 Å². The summed E-state index contributed by atoms with van der Waals surface area (Å²) in [5.41, 5.74) is 11.3. The third-order valence-corrected chi connectivity index (χ3v) is 4.21. The molecule has 1 aromatic heterocycles. The second-order valence-corrected chi connectivity index (χ2v) is 5.71. The highest BCUT2D eigenvalue weighted by Gasteiger charge is 2.07. The summed E-state index contributed by atoms with van der Waals surface area (Å²) < 4.78 is 0. The minimum absolute atomic E-state index is 0.0643. The molecule has 100 valence electrons. The summed E-state index contributed by atoms with van der Waals surface area (Å²) in [5.74, 6) is 0. The van der Waals surface area contributed by atoms with Gasteiger partial charge >= 0.3 is 0 Å². The van der Waals surface area contributed by atoms with Crippen molar-refractivity contribution in [3.8, 4) is 11.1 Å². The Bertz CT molecular complexity index is 642. The van der Waals surface area contributed by atoms with Crippen LogP contribution in [0.2, 0.25) is 0 Å². The molecule has 0 fully saturated rings. The Hall–Kier alpha value is -1.90. The van der Waals surface area contributed by atoms with Crippen molar-refractivity contribution in [2.75, 3.05) is 0 Å². The van der Waals surface area contributed by atoms with Gasteiger partial charge in [-0.3, -0.25) is 0 Å². The van der Waals surface area contributed by atoms with E-state index in [1.807, 2.05) is 6.07 Å². The van der Waals surface area contributed by atoms with Crippen molar-refractivity contribution in [3.05, 3.63) is 82.6 Å². The van der Waals surface area contributed by atoms with E-state index in [1.165, 1.54) is 22.3 Å². The predicted molar refractivity (Wildman–Crippen MR) is 86.8 cm³/mol. The van der Waals surface area contributed by atoms with Gasteiger partial charge in [0, 0.05) is 6.04 Å². The summed E-state index contributed by atoms with van der Waals surface area (Å²) in [7, 11) is 0. The van der Waals surface area contributed by atoms with Crippen LogP contribution in [0.1, 0.15) is 17.2 Å². The van der Waals surface area contributed by atoms with E-state index in [9.17, 15) is 0 Å². The number of hydrogen-bond acceptors (Lipinski definition) is 2. The second-order valence-electron chi connectivity index (χ2n) is 4.93. The first kappa shape index (κ1) is 13.1. The zero-order valence-electron chi connectivity index (χ0n) is 11.2. The summed E-state index contributed by atoms with van der Waals surface area (Å²) in [6, 6.07) is 21.2. The zero-order valence-corrected chi connectivity index (χ0v) is 12.0. The van der Waals surface area contributed by atoms with Crippen LogP contribution in [-0.4, -0.2) is 0 Å². The molecule has 0 aliphatic carbocycles. The summed E-state index contributed by atoms with van der Waals surface area (Å²) in [4.78, 5) is 0. The summed E-state index contributed by atoms with van der Waals surface area (Å²) in [6.07, 6.45) is 0.897. The highest BCUT2D eigenvalue weighted by atomic mass is 32.1. The van der Waals surface area contributed by atoms with E-state index in [2.05, 4.69) is 65.4 Å². The third-order valence-electron chi connectivity index (χ3n) is 3.48. The van der Waals surface area contributed by atoms with Gasteiger partial charge in [0.25, 0.3) is 0 Å². The van der Waals surface area contributed by atoms with Crippen LogP contribution in [0.15, 0.2) is 71.4 Å². The Morgan fingerprint density at radius 1 is 0.850 bits per heavy atom. The number of thiophene rings is 1. The van der Waals surface area contributed by atoms with E-state index in [0.29, 0.717) is 0 Å². The fraction of sp³-hybridized carbons (Fsp3) is 0.111. The van der Waals surface area contributed by atoms with Gasteiger partial charge < -0.3 is 5.73 Å². The molecule has 0 saturated heterocycles. The summed E-state index contributed by atoms with van der Waals surface area (Å²) >= 11 is 1.72. The molecule has 0 spiro atoms. The van der Waals surface area contributed by atoms with E-state index in [0.717, 1.165) is 6.42 Å². The Balaban J connectivity index is 1.76. The molecular weight excluding hydrogens is 262 g/mol. The van der Waals surface area contributed by atoms with Crippen molar-refractivity contribution in [1.82, 2.24) is 0 Å². The normalized spacial score (nSPS) is 12.2. The molecule has 0 radical (unpaired) electrons. The molecule has 0 aliphatic heterocycles. The number of benzene rings is 2. The molecule has 0 amide bonds. The van der Waals surface area contributed by atoms with Gasteiger partial charge in [-0.1, -0.05) is 54.6 Å². The second kappa shape index (κ2) is 6.04. The molecule has 2 heteroatoms. The van der Waals surface area contributed by atoms with Crippen LogP contribution in [0.5, 0.6) is 0 Å². The lowest BCUT2D eigenvalue weighted by Gasteiger charge is -2.12. The first-order valence-corrected chi connectivity index (χ1v) is 7.69. The minimum atomic E-state index is 0.0643. The summed E-state index contributed by atoms with van der Waals surface area (Å²) in [5, 5.41) is 4.26. The largest absolute Gasteiger partial charge is 0.324 e. The molecule has 2 aromatic carbocycles. The van der Waals surface area contributed by atoms with Gasteiger partial charge in [-0.15, -0.1) is 0 Å². The first-order valence-electron chi connectivity index (χ1n) is 6.75. The molecule has 1 atom stereocenters. The Morgan fingerprint density at radius 3 is 2.20 bits per heavy atom. The van der Waals surface area contributed by atoms with E-state index >= 15 is 0 Å². The molecule has 1 nitrogen and oxygen atoms in total. The predicted octanol–water partition coefficient (Wildman–Crippen LogP) is 4.66. The Labute approximate surface area is 123 Å². The number of nitrogens with two attached hydrogens (primary N) is 1. The average Bonchev–Trinajstić information content (AvgIpc) is 3.01. The van der Waals surface area contributed by atoms with Crippen molar-refractivity contribution in [1.29, 1.82) is 0 Å². The highest BCUT2D eigenvalue weighted by Crippen LogP contribution is 2.23. The molecule has 1 unspecified atom stereocenters. The molecular formula is C18H17NS.